The van der Waals surface area contributed by atoms with Crippen molar-refractivity contribution in [3.63, 3.8) is 0 Å². The number of carbonyl (C=O) groups is 3. The van der Waals surface area contributed by atoms with Crippen LogP contribution < -0.4 is 5.32 Å². The van der Waals surface area contributed by atoms with Gasteiger partial charge in [-0.1, -0.05) is 47.5 Å². The molecule has 6 nitrogen and oxygen atoms in total. The molecular weight excluding hydrogens is 461 g/mol. The van der Waals surface area contributed by atoms with E-state index in [1.54, 1.807) is 4.90 Å². The van der Waals surface area contributed by atoms with Gasteiger partial charge in [-0.05, 0) is 67.1 Å². The quantitative estimate of drug-likeness (QED) is 0.660. The molecule has 8 heteroatoms. The number of nitrogens with zero attached hydrogens (tertiary/aromatic N) is 2. The van der Waals surface area contributed by atoms with Crippen LogP contribution in [0.1, 0.15) is 58.6 Å². The van der Waals surface area contributed by atoms with Crippen LogP contribution in [0.25, 0.3) is 0 Å². The van der Waals surface area contributed by atoms with Crippen molar-refractivity contribution in [2.75, 3.05) is 13.1 Å². The minimum atomic E-state index is -0.580. The summed E-state index contributed by atoms with van der Waals surface area (Å²) in [5.41, 5.74) is 3.89. The number of carbonyl (C=O) groups excluding carboxylic acids is 3. The van der Waals surface area contributed by atoms with Crippen molar-refractivity contribution in [1.29, 1.82) is 0 Å². The second-order valence-corrected chi connectivity index (χ2v) is 9.87. The average Bonchev–Trinajstić information content (AvgIpc) is 3.12. The van der Waals surface area contributed by atoms with Crippen LogP contribution in [-0.4, -0.2) is 46.7 Å². The van der Waals surface area contributed by atoms with Crippen molar-refractivity contribution in [1.82, 2.24) is 15.1 Å². The molecule has 1 atom stereocenters. The van der Waals surface area contributed by atoms with Crippen LogP contribution in [0.15, 0.2) is 36.4 Å². The second kappa shape index (κ2) is 9.09. The third-order valence-corrected chi connectivity index (χ3v) is 7.84. The Bertz CT molecular complexity index is 1130. The van der Waals surface area contributed by atoms with Crippen LogP contribution in [0.3, 0.4) is 0 Å². The Balaban J connectivity index is 1.22. The number of rotatable bonds is 4. The Morgan fingerprint density at radius 3 is 2.55 bits per heavy atom. The highest BCUT2D eigenvalue weighted by molar-refractivity contribution is 6.42. The van der Waals surface area contributed by atoms with Gasteiger partial charge < -0.3 is 4.90 Å². The lowest BCUT2D eigenvalue weighted by atomic mass is 9.89. The molecule has 2 aromatic carbocycles. The number of fused-ring (bicyclic) bond motifs is 1. The highest BCUT2D eigenvalue weighted by atomic mass is 35.5. The highest BCUT2D eigenvalue weighted by Crippen LogP contribution is 2.36. The van der Waals surface area contributed by atoms with Crippen LogP contribution in [0.5, 0.6) is 0 Å². The minimum absolute atomic E-state index is 0.134. The van der Waals surface area contributed by atoms with Gasteiger partial charge in [0.25, 0.3) is 5.91 Å². The third-order valence-electron chi connectivity index (χ3n) is 7.00. The normalized spacial score (nSPS) is 21.9. The SMILES string of the molecule is O=C1CCC(N2Cc3cc(CN4CCC(c5cccc(Cl)c5Cl)CC4)ccc3C2=O)C(=O)N1. The topological polar surface area (TPSA) is 69.7 Å². The van der Waals surface area contributed by atoms with E-state index in [0.717, 1.165) is 49.2 Å². The number of halogens is 2. The van der Waals surface area contributed by atoms with Gasteiger partial charge in [0.1, 0.15) is 6.04 Å². The maximum Gasteiger partial charge on any atom is 0.255 e. The van der Waals surface area contributed by atoms with E-state index in [2.05, 4.69) is 22.3 Å². The fourth-order valence-electron chi connectivity index (χ4n) is 5.22. The van der Waals surface area contributed by atoms with Crippen molar-refractivity contribution < 1.29 is 14.4 Å². The fraction of sp³-hybridized carbons (Fsp3) is 0.400. The smallest absolute Gasteiger partial charge is 0.255 e. The summed E-state index contributed by atoms with van der Waals surface area (Å²) in [5.74, 6) is -0.378. The van der Waals surface area contributed by atoms with E-state index >= 15 is 0 Å². The molecule has 3 heterocycles. The molecule has 5 rings (SSSR count). The van der Waals surface area contributed by atoms with E-state index in [0.29, 0.717) is 34.5 Å². The first-order valence-electron chi connectivity index (χ1n) is 11.3. The van der Waals surface area contributed by atoms with Crippen molar-refractivity contribution in [2.24, 2.45) is 0 Å². The van der Waals surface area contributed by atoms with E-state index in [-0.39, 0.29) is 24.1 Å². The Morgan fingerprint density at radius 1 is 1.00 bits per heavy atom. The molecule has 3 amide bonds. The lowest BCUT2D eigenvalue weighted by Gasteiger charge is -2.32. The first-order valence-corrected chi connectivity index (χ1v) is 12.1. The predicted octanol–water partition coefficient (Wildman–Crippen LogP) is 4.13. The lowest BCUT2D eigenvalue weighted by Crippen LogP contribution is -2.52. The summed E-state index contributed by atoms with van der Waals surface area (Å²) >= 11 is 12.6. The van der Waals surface area contributed by atoms with E-state index in [4.69, 9.17) is 23.2 Å². The number of hydrogen-bond acceptors (Lipinski definition) is 4. The maximum atomic E-state index is 12.9. The first-order chi connectivity index (χ1) is 15.9. The molecule has 0 radical (unpaired) electrons. The molecule has 0 bridgehead atoms. The zero-order valence-electron chi connectivity index (χ0n) is 18.2. The number of benzene rings is 2. The number of nitrogens with one attached hydrogen (secondary N) is 1. The second-order valence-electron chi connectivity index (χ2n) is 9.08. The molecule has 2 fully saturated rings. The molecular formula is C25H25Cl2N3O3. The van der Waals surface area contributed by atoms with Gasteiger partial charge in [-0.25, -0.2) is 0 Å². The van der Waals surface area contributed by atoms with E-state index in [1.807, 2.05) is 24.3 Å². The number of amides is 3. The van der Waals surface area contributed by atoms with Crippen molar-refractivity contribution in [3.05, 3.63) is 68.7 Å². The summed E-state index contributed by atoms with van der Waals surface area (Å²) in [4.78, 5) is 40.6. The zero-order valence-corrected chi connectivity index (χ0v) is 19.7. The van der Waals surface area contributed by atoms with Gasteiger partial charge in [0.2, 0.25) is 11.8 Å². The highest BCUT2D eigenvalue weighted by Gasteiger charge is 2.39. The lowest BCUT2D eigenvalue weighted by molar-refractivity contribution is -0.136. The molecule has 1 N–H and O–H groups in total. The van der Waals surface area contributed by atoms with E-state index in [1.165, 1.54) is 0 Å². The maximum absolute atomic E-state index is 12.9. The third kappa shape index (κ3) is 4.39. The Labute approximate surface area is 202 Å². The summed E-state index contributed by atoms with van der Waals surface area (Å²) < 4.78 is 0. The molecule has 3 aliphatic rings. The molecule has 172 valence electrons. The fourth-order valence-corrected chi connectivity index (χ4v) is 5.68. The van der Waals surface area contributed by atoms with Crippen LogP contribution in [-0.2, 0) is 22.7 Å². The van der Waals surface area contributed by atoms with E-state index < -0.39 is 6.04 Å². The Morgan fingerprint density at radius 2 is 1.79 bits per heavy atom. The predicted molar refractivity (Wildman–Crippen MR) is 126 cm³/mol. The van der Waals surface area contributed by atoms with Crippen molar-refractivity contribution >= 4 is 40.9 Å². The summed E-state index contributed by atoms with van der Waals surface area (Å²) in [6.45, 7) is 3.15. The molecule has 2 saturated heterocycles. The standard InChI is InChI=1S/C25H25Cl2N3O3/c26-20-3-1-2-18(23(20)27)16-8-10-29(11-9-16)13-15-4-5-19-17(12-15)14-30(25(19)33)21-6-7-22(31)28-24(21)32/h1-5,12,16,21H,6-11,13-14H2,(H,28,31,32). The zero-order chi connectivity index (χ0) is 23.1. The van der Waals surface area contributed by atoms with Gasteiger partial charge in [-0.3, -0.25) is 24.6 Å². The van der Waals surface area contributed by atoms with Gasteiger partial charge in [0.05, 0.1) is 10.0 Å². The summed E-state index contributed by atoms with van der Waals surface area (Å²) in [6.07, 6.45) is 2.68. The molecule has 1 unspecified atom stereocenters. The summed E-state index contributed by atoms with van der Waals surface area (Å²) in [5, 5.41) is 3.62. The molecule has 0 saturated carbocycles. The largest absolute Gasteiger partial charge is 0.322 e. The molecule has 0 aromatic heterocycles. The van der Waals surface area contributed by atoms with Crippen LogP contribution in [0, 0.1) is 0 Å². The van der Waals surface area contributed by atoms with Gasteiger partial charge >= 0.3 is 0 Å². The molecule has 33 heavy (non-hydrogen) atoms. The minimum Gasteiger partial charge on any atom is -0.322 e. The van der Waals surface area contributed by atoms with Gasteiger partial charge in [-0.15, -0.1) is 0 Å². The van der Waals surface area contributed by atoms with E-state index in [9.17, 15) is 14.4 Å². The summed E-state index contributed by atoms with van der Waals surface area (Å²) in [6, 6.07) is 11.2. The molecule has 0 spiro atoms. The van der Waals surface area contributed by atoms with Crippen LogP contribution in [0.2, 0.25) is 10.0 Å². The van der Waals surface area contributed by atoms with Gasteiger partial charge in [0, 0.05) is 25.1 Å². The van der Waals surface area contributed by atoms with Crippen LogP contribution >= 0.6 is 23.2 Å². The Hall–Kier alpha value is -2.41. The molecule has 0 aliphatic carbocycles. The van der Waals surface area contributed by atoms with Gasteiger partial charge in [0.15, 0.2) is 0 Å². The number of likely N-dealkylation sites (tertiary alicyclic amines) is 1. The first kappa shape index (κ1) is 22.4. The number of hydrogen-bond donors (Lipinski definition) is 1. The number of imide groups is 1. The van der Waals surface area contributed by atoms with Crippen molar-refractivity contribution in [3.8, 4) is 0 Å². The number of piperidine rings is 2. The molecule has 2 aromatic rings. The van der Waals surface area contributed by atoms with Crippen LogP contribution in [0.4, 0.5) is 0 Å². The Kier molecular flexibility index (Phi) is 6.16. The monoisotopic (exact) mass is 485 g/mol. The molecule has 3 aliphatic heterocycles. The van der Waals surface area contributed by atoms with Gasteiger partial charge in [-0.2, -0.15) is 0 Å². The average molecular weight is 486 g/mol. The van der Waals surface area contributed by atoms with Crippen molar-refractivity contribution in [2.45, 2.75) is 50.7 Å². The summed E-state index contributed by atoms with van der Waals surface area (Å²) in [7, 11) is 0.